The van der Waals surface area contributed by atoms with E-state index in [1.54, 1.807) is 17.8 Å². The molecule has 20 heavy (non-hydrogen) atoms. The summed E-state index contributed by atoms with van der Waals surface area (Å²) in [5, 5.41) is 3.22. The molecule has 0 aliphatic heterocycles. The van der Waals surface area contributed by atoms with Crippen molar-refractivity contribution < 1.29 is 8.42 Å². The van der Waals surface area contributed by atoms with E-state index in [0.717, 1.165) is 28.6 Å². The van der Waals surface area contributed by atoms with Crippen molar-refractivity contribution >= 4 is 33.1 Å². The summed E-state index contributed by atoms with van der Waals surface area (Å²) in [4.78, 5) is 2.33. The quantitative estimate of drug-likeness (QED) is 0.727. The summed E-state index contributed by atoms with van der Waals surface area (Å²) in [6.45, 7) is 8.04. The molecule has 1 aromatic rings. The van der Waals surface area contributed by atoms with E-state index in [4.69, 9.17) is 0 Å². The summed E-state index contributed by atoms with van der Waals surface area (Å²) >= 11 is 3.27. The third kappa shape index (κ3) is 5.37. The average Bonchev–Trinajstić information content (AvgIpc) is 2.76. The van der Waals surface area contributed by atoms with E-state index in [2.05, 4.69) is 17.0 Å². The number of hydrogen-bond acceptors (Lipinski definition) is 5. The van der Waals surface area contributed by atoms with Gasteiger partial charge in [0, 0.05) is 22.8 Å². The first kappa shape index (κ1) is 18.0. The zero-order valence-electron chi connectivity index (χ0n) is 12.5. The van der Waals surface area contributed by atoms with Crippen molar-refractivity contribution in [2.75, 3.05) is 25.1 Å². The molecule has 0 radical (unpaired) electrons. The lowest BCUT2D eigenvalue weighted by Crippen LogP contribution is -2.29. The summed E-state index contributed by atoms with van der Waals surface area (Å²) in [5.74, 6) is 1.29. The van der Waals surface area contributed by atoms with Gasteiger partial charge >= 0.3 is 0 Å². The molecule has 1 atom stereocenters. The zero-order valence-corrected chi connectivity index (χ0v) is 15.0. The number of thiophene rings is 1. The molecule has 1 unspecified atom stereocenters. The van der Waals surface area contributed by atoms with Crippen LogP contribution in [0.25, 0.3) is 0 Å². The van der Waals surface area contributed by atoms with Gasteiger partial charge in [0.15, 0.2) is 0 Å². The van der Waals surface area contributed by atoms with E-state index < -0.39 is 10.0 Å². The molecule has 0 fully saturated rings. The molecule has 0 saturated heterocycles. The van der Waals surface area contributed by atoms with Gasteiger partial charge < -0.3 is 5.32 Å². The third-order valence-corrected chi connectivity index (χ3v) is 6.47. The lowest BCUT2D eigenvalue weighted by Gasteiger charge is -2.11. The van der Waals surface area contributed by atoms with Gasteiger partial charge in [-0.3, -0.25) is 0 Å². The highest BCUT2D eigenvalue weighted by molar-refractivity contribution is 7.98. The Balaban J connectivity index is 2.74. The van der Waals surface area contributed by atoms with E-state index in [0.29, 0.717) is 17.4 Å². The minimum atomic E-state index is -3.39. The maximum atomic E-state index is 12.3. The summed E-state index contributed by atoms with van der Waals surface area (Å²) in [6.07, 6.45) is 2.03. The molecule has 1 rings (SSSR count). The molecule has 116 valence electrons. The van der Waals surface area contributed by atoms with Gasteiger partial charge in [0.1, 0.15) is 0 Å². The lowest BCUT2D eigenvalue weighted by atomic mass is 10.2. The fourth-order valence-electron chi connectivity index (χ4n) is 1.80. The number of thioether (sulfide) groups is 1. The number of rotatable bonds is 9. The second kappa shape index (κ2) is 8.38. The first-order valence-corrected chi connectivity index (χ1v) is 10.4. The van der Waals surface area contributed by atoms with Crippen LogP contribution in [0.15, 0.2) is 11.0 Å². The summed E-state index contributed by atoms with van der Waals surface area (Å²) in [6, 6.07) is 1.78. The summed E-state index contributed by atoms with van der Waals surface area (Å²) < 4.78 is 27.3. The second-order valence-electron chi connectivity index (χ2n) is 4.83. The second-order valence-corrected chi connectivity index (χ2v) is 8.81. The highest BCUT2D eigenvalue weighted by Gasteiger charge is 2.20. The maximum absolute atomic E-state index is 12.3. The lowest BCUT2D eigenvalue weighted by molar-refractivity contribution is 0.562. The van der Waals surface area contributed by atoms with Crippen LogP contribution in [0.3, 0.4) is 0 Å². The van der Waals surface area contributed by atoms with Gasteiger partial charge in [-0.05, 0) is 37.5 Å². The van der Waals surface area contributed by atoms with Crippen molar-refractivity contribution in [3.63, 3.8) is 0 Å². The molecule has 0 bridgehead atoms. The van der Waals surface area contributed by atoms with E-state index in [9.17, 15) is 8.42 Å². The van der Waals surface area contributed by atoms with Gasteiger partial charge in [-0.15, -0.1) is 11.3 Å². The van der Waals surface area contributed by atoms with Gasteiger partial charge in [0.25, 0.3) is 0 Å². The number of nitrogens with one attached hydrogen (secondary N) is 2. The van der Waals surface area contributed by atoms with Crippen LogP contribution in [0.4, 0.5) is 0 Å². The predicted molar refractivity (Wildman–Crippen MR) is 89.2 cm³/mol. The van der Waals surface area contributed by atoms with Crippen LogP contribution < -0.4 is 10.0 Å². The van der Waals surface area contributed by atoms with Crippen LogP contribution in [-0.4, -0.2) is 33.5 Å². The van der Waals surface area contributed by atoms with E-state index in [1.807, 2.05) is 20.1 Å². The Morgan fingerprint density at radius 2 is 2.15 bits per heavy atom. The largest absolute Gasteiger partial charge is 0.312 e. The van der Waals surface area contributed by atoms with Crippen molar-refractivity contribution in [3.8, 4) is 0 Å². The molecule has 0 saturated carbocycles. The molecule has 0 spiro atoms. The first-order valence-electron chi connectivity index (χ1n) is 6.69. The van der Waals surface area contributed by atoms with Crippen LogP contribution in [0.2, 0.25) is 0 Å². The average molecular weight is 337 g/mol. The summed E-state index contributed by atoms with van der Waals surface area (Å²) in [5.41, 5.74) is 0. The minimum Gasteiger partial charge on any atom is -0.312 e. The molecule has 0 amide bonds. The SMILES string of the molecule is CCNCc1cc(S(=O)(=O)NCC(C)CSC)c(C)s1. The van der Waals surface area contributed by atoms with Crippen LogP contribution in [0, 0.1) is 12.8 Å². The van der Waals surface area contributed by atoms with E-state index in [-0.39, 0.29) is 0 Å². The first-order chi connectivity index (χ1) is 9.40. The predicted octanol–water partition coefficient (Wildman–Crippen LogP) is 2.44. The fraction of sp³-hybridized carbons (Fsp3) is 0.692. The fourth-order valence-corrected chi connectivity index (χ4v) is 5.25. The zero-order chi connectivity index (χ0) is 15.2. The Morgan fingerprint density at radius 3 is 2.75 bits per heavy atom. The van der Waals surface area contributed by atoms with E-state index >= 15 is 0 Å². The number of aryl methyl sites for hydroxylation is 1. The van der Waals surface area contributed by atoms with Crippen LogP contribution >= 0.6 is 23.1 Å². The molecule has 7 heteroatoms. The van der Waals surface area contributed by atoms with Crippen molar-refractivity contribution in [1.29, 1.82) is 0 Å². The standard InChI is InChI=1S/C13H24N2O2S3/c1-5-14-8-12-6-13(11(3)19-12)20(16,17)15-7-10(2)9-18-4/h6,10,14-15H,5,7-9H2,1-4H3. The van der Waals surface area contributed by atoms with Crippen molar-refractivity contribution in [2.45, 2.75) is 32.2 Å². The number of hydrogen-bond donors (Lipinski definition) is 2. The molecule has 0 aliphatic rings. The molecule has 2 N–H and O–H groups in total. The Bertz CT molecular complexity index is 512. The van der Waals surface area contributed by atoms with Gasteiger partial charge in [-0.1, -0.05) is 13.8 Å². The molecule has 1 aromatic heterocycles. The van der Waals surface area contributed by atoms with Crippen molar-refractivity contribution in [1.82, 2.24) is 10.0 Å². The van der Waals surface area contributed by atoms with Crippen molar-refractivity contribution in [2.24, 2.45) is 5.92 Å². The van der Waals surface area contributed by atoms with E-state index in [1.165, 1.54) is 11.3 Å². The van der Waals surface area contributed by atoms with Crippen molar-refractivity contribution in [3.05, 3.63) is 15.8 Å². The monoisotopic (exact) mass is 336 g/mol. The third-order valence-electron chi connectivity index (χ3n) is 2.84. The highest BCUT2D eigenvalue weighted by atomic mass is 32.2. The Labute approximate surface area is 130 Å². The van der Waals surface area contributed by atoms with Crippen LogP contribution in [0.1, 0.15) is 23.6 Å². The topological polar surface area (TPSA) is 58.2 Å². The van der Waals surface area contributed by atoms with Gasteiger partial charge in [0.05, 0.1) is 4.90 Å². The number of sulfonamides is 1. The van der Waals surface area contributed by atoms with Crippen LogP contribution in [-0.2, 0) is 16.6 Å². The minimum absolute atomic E-state index is 0.333. The molecule has 0 aromatic carbocycles. The Morgan fingerprint density at radius 1 is 1.45 bits per heavy atom. The smallest absolute Gasteiger partial charge is 0.241 e. The molecule has 1 heterocycles. The Hall–Kier alpha value is -0.0800. The highest BCUT2D eigenvalue weighted by Crippen LogP contribution is 2.25. The summed E-state index contributed by atoms with van der Waals surface area (Å²) in [7, 11) is -3.39. The molecular formula is C13H24N2O2S3. The van der Waals surface area contributed by atoms with Gasteiger partial charge in [-0.2, -0.15) is 11.8 Å². The normalized spacial score (nSPS) is 13.6. The Kier molecular flexibility index (Phi) is 7.53. The molecule has 4 nitrogen and oxygen atoms in total. The molecule has 0 aliphatic carbocycles. The van der Waals surface area contributed by atoms with Gasteiger partial charge in [0.2, 0.25) is 10.0 Å². The van der Waals surface area contributed by atoms with Crippen LogP contribution in [0.5, 0.6) is 0 Å². The molecular weight excluding hydrogens is 312 g/mol. The maximum Gasteiger partial charge on any atom is 0.241 e. The van der Waals surface area contributed by atoms with Gasteiger partial charge in [-0.25, -0.2) is 13.1 Å².